The van der Waals surface area contributed by atoms with E-state index in [9.17, 15) is 14.4 Å². The van der Waals surface area contributed by atoms with Crippen molar-refractivity contribution in [2.75, 3.05) is 35.0 Å². The zero-order valence-corrected chi connectivity index (χ0v) is 34.2. The summed E-state index contributed by atoms with van der Waals surface area (Å²) in [4.78, 5) is 49.9. The minimum Gasteiger partial charge on any atom is -0.497 e. The van der Waals surface area contributed by atoms with Crippen LogP contribution in [-0.4, -0.2) is 56.8 Å². The molecule has 2 aromatic heterocycles. The number of carbonyl (C=O) groups is 2. The molecule has 3 N–H and O–H groups in total. The number of benzene rings is 3. The molecule has 12 nitrogen and oxygen atoms in total. The summed E-state index contributed by atoms with van der Waals surface area (Å²) in [5.41, 5.74) is 5.59. The second-order valence-corrected chi connectivity index (χ2v) is 15.8. The van der Waals surface area contributed by atoms with Gasteiger partial charge >= 0.3 is 0 Å². The highest BCUT2D eigenvalue weighted by Gasteiger charge is 2.35. The fraction of sp³-hybridized carbons (Fsp3) is 0.362. The molecule has 2 heterocycles. The summed E-state index contributed by atoms with van der Waals surface area (Å²) in [5, 5.41) is 6.87. The van der Waals surface area contributed by atoms with Gasteiger partial charge in [-0.3, -0.25) is 14.4 Å². The Balaban J connectivity index is 1.26. The van der Waals surface area contributed by atoms with E-state index in [1.165, 1.54) is 6.92 Å². The highest BCUT2D eigenvalue weighted by atomic mass is 16.5. The summed E-state index contributed by atoms with van der Waals surface area (Å²) in [7, 11) is 6.28. The average molecular weight is 799 g/mol. The molecule has 0 saturated heterocycles. The molecule has 8 rings (SSSR count). The summed E-state index contributed by atoms with van der Waals surface area (Å²) < 4.78 is 29.6. The molecule has 0 radical (unpaired) electrons. The largest absolute Gasteiger partial charge is 0.497 e. The first-order valence-corrected chi connectivity index (χ1v) is 20.2. The molecule has 0 unspecified atom stereocenters. The molecule has 1 atom stereocenters. The number of aryl methyl sites for hydroxylation is 1. The lowest BCUT2D eigenvalue weighted by molar-refractivity contribution is -0.121. The topological polar surface area (TPSA) is 154 Å². The number of imidazole rings is 1. The number of carbonyl (C=O) groups excluding carboxylic acids is 2. The van der Waals surface area contributed by atoms with Gasteiger partial charge in [-0.15, -0.1) is 0 Å². The molecule has 2 amide bonds. The number of methoxy groups -OCH3 is 4. The quantitative estimate of drug-likeness (QED) is 0.112. The molecular weight excluding hydrogens is 749 g/mol. The van der Waals surface area contributed by atoms with Gasteiger partial charge in [0.25, 0.3) is 0 Å². The number of hydrogen-bond acceptors (Lipinski definition) is 9. The zero-order chi connectivity index (χ0) is 41.3. The fourth-order valence-electron chi connectivity index (χ4n) is 9.20. The van der Waals surface area contributed by atoms with E-state index in [4.69, 9.17) is 28.3 Å². The summed E-state index contributed by atoms with van der Waals surface area (Å²) in [5.74, 6) is 2.89. The van der Waals surface area contributed by atoms with Gasteiger partial charge in [0.1, 0.15) is 17.3 Å². The number of aromatic nitrogens is 2. The maximum Gasteiger partial charge on any atom is 0.224 e. The summed E-state index contributed by atoms with van der Waals surface area (Å²) in [6, 6.07) is 20.2. The normalized spacial score (nSPS) is 15.8. The van der Waals surface area contributed by atoms with Crippen molar-refractivity contribution in [2.45, 2.75) is 70.8 Å². The van der Waals surface area contributed by atoms with Crippen molar-refractivity contribution in [1.82, 2.24) is 20.6 Å². The number of para-hydroxylation sites is 2. The van der Waals surface area contributed by atoms with E-state index in [0.29, 0.717) is 81.3 Å². The van der Waals surface area contributed by atoms with Gasteiger partial charge in [-0.25, -0.2) is 4.98 Å². The molecule has 1 saturated carbocycles. The van der Waals surface area contributed by atoms with Gasteiger partial charge < -0.3 is 39.0 Å². The number of ether oxygens (including phenoxy) is 4. The first kappa shape index (κ1) is 39.5. The molecule has 4 aromatic carbocycles. The first-order valence-electron chi connectivity index (χ1n) is 20.2. The second-order valence-electron chi connectivity index (χ2n) is 15.8. The van der Waals surface area contributed by atoms with Crippen molar-refractivity contribution in [2.24, 2.45) is 5.41 Å². The smallest absolute Gasteiger partial charge is 0.224 e. The number of nitrogens with zero attached hydrogens (tertiary/aromatic N) is 1. The predicted octanol–water partition coefficient (Wildman–Crippen LogP) is 8.01. The highest BCUT2D eigenvalue weighted by Crippen LogP contribution is 2.51. The number of fused-ring (bicyclic) bond motifs is 5. The Morgan fingerprint density at radius 2 is 1.68 bits per heavy atom. The molecule has 0 bridgehead atoms. The van der Waals surface area contributed by atoms with Crippen LogP contribution in [0.15, 0.2) is 75.9 Å². The molecule has 306 valence electrons. The van der Waals surface area contributed by atoms with Gasteiger partial charge in [0, 0.05) is 42.0 Å². The van der Waals surface area contributed by atoms with Gasteiger partial charge in [-0.2, -0.15) is 0 Å². The van der Waals surface area contributed by atoms with Gasteiger partial charge in [0.05, 0.1) is 51.9 Å². The van der Waals surface area contributed by atoms with Crippen molar-refractivity contribution < 1.29 is 33.0 Å². The number of furan rings is 1. The van der Waals surface area contributed by atoms with Gasteiger partial charge in [0.2, 0.25) is 23.0 Å². The van der Waals surface area contributed by atoms with Crippen LogP contribution in [0.1, 0.15) is 74.0 Å². The Hall–Kier alpha value is -6.30. The second kappa shape index (κ2) is 16.5. The summed E-state index contributed by atoms with van der Waals surface area (Å²) in [6.07, 6.45) is 6.99. The minimum atomic E-state index is -0.507. The third kappa shape index (κ3) is 7.71. The van der Waals surface area contributed by atoms with Crippen molar-refractivity contribution in [1.29, 1.82) is 0 Å². The van der Waals surface area contributed by atoms with Crippen LogP contribution in [0.2, 0.25) is 0 Å². The van der Waals surface area contributed by atoms with E-state index in [1.54, 1.807) is 34.5 Å². The van der Waals surface area contributed by atoms with Crippen LogP contribution in [0.3, 0.4) is 0 Å². The number of rotatable bonds is 12. The molecule has 59 heavy (non-hydrogen) atoms. The van der Waals surface area contributed by atoms with Gasteiger partial charge in [-0.1, -0.05) is 31.4 Å². The Morgan fingerprint density at radius 3 is 2.37 bits per heavy atom. The number of H-pyrrole nitrogens is 1. The monoisotopic (exact) mass is 798 g/mol. The van der Waals surface area contributed by atoms with E-state index >= 15 is 0 Å². The van der Waals surface area contributed by atoms with E-state index in [1.807, 2.05) is 60.7 Å². The molecule has 2 aliphatic rings. The first-order chi connectivity index (χ1) is 28.6. The van der Waals surface area contributed by atoms with Crippen LogP contribution < -0.4 is 35.0 Å². The Labute approximate surface area is 342 Å². The molecule has 0 spiro atoms. The number of amides is 2. The standard InChI is InChI=1S/C47H50N4O8/c1-27(52)49-35-18-15-29-21-39(56-3)45(57-4)46(58-5)42(29)32-22-33-34(43(28-13-16-30(55-2)17-14-28)59-44(33)38(53)23-31(32)35)24-41(54)48-26-47(19-9-6-10-20-47)25-40-50-36-11-7-8-12-37(36)51-40/h7-8,11-14,16-17,21-23,35H,6,9-10,15,18-20,24-26H2,1-5H3,(H,48,54)(H,49,52)(H,50,51)/t35-/m0/s1. The van der Waals surface area contributed by atoms with E-state index < -0.39 is 6.04 Å². The van der Waals surface area contributed by atoms with Gasteiger partial charge in [0.15, 0.2) is 17.1 Å². The van der Waals surface area contributed by atoms with Crippen molar-refractivity contribution >= 4 is 33.8 Å². The van der Waals surface area contributed by atoms with E-state index in [0.717, 1.165) is 60.9 Å². The summed E-state index contributed by atoms with van der Waals surface area (Å²) >= 11 is 0. The van der Waals surface area contributed by atoms with Crippen LogP contribution in [0.5, 0.6) is 23.0 Å². The maximum absolute atomic E-state index is 14.5. The lowest BCUT2D eigenvalue weighted by Gasteiger charge is -2.37. The van der Waals surface area contributed by atoms with Crippen LogP contribution in [-0.2, 0) is 28.9 Å². The lowest BCUT2D eigenvalue weighted by atomic mass is 9.71. The molecule has 2 aliphatic carbocycles. The number of hydrogen-bond donors (Lipinski definition) is 3. The van der Waals surface area contributed by atoms with Crippen LogP contribution in [0.25, 0.3) is 44.5 Å². The average Bonchev–Trinajstić information content (AvgIpc) is 3.74. The van der Waals surface area contributed by atoms with Crippen LogP contribution in [0.4, 0.5) is 0 Å². The Bertz CT molecular complexity index is 2570. The predicted molar refractivity (Wildman–Crippen MR) is 226 cm³/mol. The Morgan fingerprint density at radius 1 is 0.915 bits per heavy atom. The molecule has 1 fully saturated rings. The number of nitrogens with one attached hydrogen (secondary N) is 3. The van der Waals surface area contributed by atoms with Crippen molar-refractivity contribution in [3.8, 4) is 45.4 Å². The third-order valence-electron chi connectivity index (χ3n) is 12.0. The van der Waals surface area contributed by atoms with Gasteiger partial charge in [-0.05, 0) is 102 Å². The number of aromatic amines is 1. The third-order valence-corrected chi connectivity index (χ3v) is 12.0. The zero-order valence-electron chi connectivity index (χ0n) is 34.2. The SMILES string of the molecule is COc1ccc(-c2oc3c(=O)cc4c(cc3c2CC(=O)NCC2(Cc3nc5ccccc5[nH]3)CCCCC2)-c2c(cc(OC)c(OC)c2OC)CC[C@@H]4NC(C)=O)cc1. The van der Waals surface area contributed by atoms with E-state index in [2.05, 4.69) is 15.6 Å². The fourth-order valence-corrected chi connectivity index (χ4v) is 9.20. The maximum atomic E-state index is 14.5. The van der Waals surface area contributed by atoms with Crippen molar-refractivity contribution in [3.05, 3.63) is 99.5 Å². The van der Waals surface area contributed by atoms with E-state index in [-0.39, 0.29) is 34.7 Å². The lowest BCUT2D eigenvalue weighted by Crippen LogP contribution is -2.41. The summed E-state index contributed by atoms with van der Waals surface area (Å²) in [6.45, 7) is 1.94. The molecular formula is C47H50N4O8. The Kier molecular flexibility index (Phi) is 11.1. The highest BCUT2D eigenvalue weighted by molar-refractivity contribution is 5.96. The van der Waals surface area contributed by atoms with Crippen molar-refractivity contribution in [3.63, 3.8) is 0 Å². The van der Waals surface area contributed by atoms with Crippen LogP contribution in [0, 0.1) is 5.41 Å². The minimum absolute atomic E-state index is 0.0572. The molecule has 6 aromatic rings. The molecule has 0 aliphatic heterocycles. The molecule has 12 heteroatoms. The van der Waals surface area contributed by atoms with Crippen LogP contribution >= 0.6 is 0 Å².